The summed E-state index contributed by atoms with van der Waals surface area (Å²) in [7, 11) is 1.57. The first-order valence-corrected chi connectivity index (χ1v) is 7.37. The number of carboxylic acid groups (broad SMARTS) is 1. The molecule has 1 aromatic rings. The minimum atomic E-state index is -1.40. The topological polar surface area (TPSA) is 86.7 Å². The molecule has 0 saturated carbocycles. The summed E-state index contributed by atoms with van der Waals surface area (Å²) in [5.74, 6) is -1.14. The molecule has 0 N–H and O–H groups in total. The molecule has 0 spiro atoms. The van der Waals surface area contributed by atoms with Crippen LogP contribution >= 0.6 is 0 Å². The summed E-state index contributed by atoms with van der Waals surface area (Å²) < 4.78 is 5.07. The molecule has 1 fully saturated rings. The average Bonchev–Trinajstić information content (AvgIpc) is 2.59. The van der Waals surface area contributed by atoms with Crippen molar-refractivity contribution in [2.24, 2.45) is 5.92 Å². The summed E-state index contributed by atoms with van der Waals surface area (Å²) in [4.78, 5) is 36.1. The first kappa shape index (κ1) is 16.7. The second-order valence-corrected chi connectivity index (χ2v) is 5.34. The number of nitrogens with zero attached hydrogens (tertiary/aromatic N) is 1. The van der Waals surface area contributed by atoms with Crippen molar-refractivity contribution in [3.63, 3.8) is 0 Å². The number of hydrogen-bond donors (Lipinski definition) is 0. The number of hydrogen-bond acceptors (Lipinski definition) is 5. The second-order valence-electron chi connectivity index (χ2n) is 5.34. The summed E-state index contributed by atoms with van der Waals surface area (Å²) in [5.41, 5.74) is 0.632. The number of Topliss-reactive ketones (excluding diaryl/α,β-unsaturated/α-hetero) is 1. The van der Waals surface area contributed by atoms with Gasteiger partial charge in [-0.25, -0.2) is 0 Å². The van der Waals surface area contributed by atoms with E-state index in [1.54, 1.807) is 31.4 Å². The normalized spacial score (nSPS) is 15.6. The number of carbonyl (C=O) groups is 3. The first-order chi connectivity index (χ1) is 11.0. The molecule has 2 rings (SSSR count). The lowest BCUT2D eigenvalue weighted by atomic mass is 9.89. The van der Waals surface area contributed by atoms with Crippen LogP contribution < -0.4 is 9.84 Å². The van der Waals surface area contributed by atoms with Crippen LogP contribution in [0.25, 0.3) is 0 Å². The van der Waals surface area contributed by atoms with Crippen LogP contribution in [-0.2, 0) is 9.59 Å². The van der Waals surface area contributed by atoms with Crippen LogP contribution in [0.5, 0.6) is 5.75 Å². The van der Waals surface area contributed by atoms with Crippen LogP contribution in [0.3, 0.4) is 0 Å². The number of benzene rings is 1. The predicted molar refractivity (Wildman–Crippen MR) is 80.8 cm³/mol. The van der Waals surface area contributed by atoms with Crippen molar-refractivity contribution < 1.29 is 24.2 Å². The van der Waals surface area contributed by atoms with E-state index in [9.17, 15) is 19.5 Å². The number of methoxy groups -OCH3 is 1. The molecule has 0 unspecified atom stereocenters. The number of aliphatic carboxylic acids is 1. The lowest BCUT2D eigenvalue weighted by Gasteiger charge is -2.30. The minimum Gasteiger partial charge on any atom is -0.545 e. The number of ether oxygens (including phenoxy) is 1. The van der Waals surface area contributed by atoms with Gasteiger partial charge in [-0.15, -0.1) is 0 Å². The quantitative estimate of drug-likeness (QED) is 0.580. The van der Waals surface area contributed by atoms with E-state index in [2.05, 4.69) is 0 Å². The standard InChI is InChI=1S/C17H19NO5/c1-23-14-4-2-12(3-5-14)17(22)13-8-10-18(11-9-13)15(19)6-7-16(20)21/h2-7,13H,8-11H2,1H3,(H,20,21)/p-1/b7-6+. The number of rotatable bonds is 5. The lowest BCUT2D eigenvalue weighted by molar-refractivity contribution is -0.297. The Kier molecular flexibility index (Phi) is 5.51. The Morgan fingerprint density at radius 1 is 1.13 bits per heavy atom. The zero-order valence-electron chi connectivity index (χ0n) is 12.9. The number of likely N-dealkylation sites (tertiary alicyclic amines) is 1. The van der Waals surface area contributed by atoms with Crippen molar-refractivity contribution in [3.8, 4) is 5.75 Å². The zero-order chi connectivity index (χ0) is 16.8. The van der Waals surface area contributed by atoms with Crippen LogP contribution in [0, 0.1) is 5.92 Å². The minimum absolute atomic E-state index is 0.0602. The number of carbonyl (C=O) groups excluding carboxylic acids is 3. The van der Waals surface area contributed by atoms with Gasteiger partial charge in [0.1, 0.15) is 5.75 Å². The molecule has 1 aromatic carbocycles. The van der Waals surface area contributed by atoms with Crippen LogP contribution in [0.1, 0.15) is 23.2 Å². The number of piperidine rings is 1. The van der Waals surface area contributed by atoms with E-state index < -0.39 is 5.97 Å². The maximum Gasteiger partial charge on any atom is 0.246 e. The third kappa shape index (κ3) is 4.42. The van der Waals surface area contributed by atoms with Gasteiger partial charge in [-0.05, 0) is 43.2 Å². The van der Waals surface area contributed by atoms with Gasteiger partial charge < -0.3 is 19.5 Å². The summed E-state index contributed by atoms with van der Waals surface area (Å²) in [5, 5.41) is 10.3. The summed E-state index contributed by atoms with van der Waals surface area (Å²) in [6, 6.07) is 6.97. The molecule has 1 aliphatic rings. The van der Waals surface area contributed by atoms with Gasteiger partial charge in [0.15, 0.2) is 5.78 Å². The predicted octanol–water partition coefficient (Wildman–Crippen LogP) is 0.423. The van der Waals surface area contributed by atoms with E-state index >= 15 is 0 Å². The van der Waals surface area contributed by atoms with Crippen molar-refractivity contribution in [3.05, 3.63) is 42.0 Å². The molecular weight excluding hydrogens is 298 g/mol. The first-order valence-electron chi connectivity index (χ1n) is 7.37. The second kappa shape index (κ2) is 7.58. The van der Waals surface area contributed by atoms with Gasteiger partial charge in [0.05, 0.1) is 13.1 Å². The summed E-state index contributed by atoms with van der Waals surface area (Å²) in [6.45, 7) is 0.867. The molecule has 1 saturated heterocycles. The molecular formula is C17H18NO5-. The van der Waals surface area contributed by atoms with E-state index in [0.717, 1.165) is 12.2 Å². The van der Waals surface area contributed by atoms with E-state index in [1.807, 2.05) is 0 Å². The Morgan fingerprint density at radius 2 is 1.74 bits per heavy atom. The van der Waals surface area contributed by atoms with Crippen molar-refractivity contribution in [2.45, 2.75) is 12.8 Å². The maximum absolute atomic E-state index is 12.4. The largest absolute Gasteiger partial charge is 0.545 e. The third-order valence-corrected chi connectivity index (χ3v) is 3.91. The highest BCUT2D eigenvalue weighted by atomic mass is 16.5. The van der Waals surface area contributed by atoms with Crippen molar-refractivity contribution in [1.29, 1.82) is 0 Å². The highest BCUT2D eigenvalue weighted by molar-refractivity contribution is 5.98. The molecule has 122 valence electrons. The van der Waals surface area contributed by atoms with Gasteiger partial charge in [0.25, 0.3) is 0 Å². The molecule has 1 aliphatic heterocycles. The molecule has 6 nitrogen and oxygen atoms in total. The van der Waals surface area contributed by atoms with E-state index in [-0.39, 0.29) is 17.6 Å². The van der Waals surface area contributed by atoms with E-state index in [4.69, 9.17) is 4.74 Å². The number of ketones is 1. The molecule has 23 heavy (non-hydrogen) atoms. The van der Waals surface area contributed by atoms with Crippen molar-refractivity contribution in [1.82, 2.24) is 4.90 Å². The van der Waals surface area contributed by atoms with Crippen LogP contribution in [0.2, 0.25) is 0 Å². The number of carboxylic acids is 1. The van der Waals surface area contributed by atoms with Gasteiger partial charge in [0.2, 0.25) is 5.91 Å². The maximum atomic E-state index is 12.4. The van der Waals surface area contributed by atoms with Crippen molar-refractivity contribution in [2.75, 3.05) is 20.2 Å². The number of amides is 1. The molecule has 0 aromatic heterocycles. The third-order valence-electron chi connectivity index (χ3n) is 3.91. The van der Waals surface area contributed by atoms with E-state index in [0.29, 0.717) is 37.2 Å². The monoisotopic (exact) mass is 316 g/mol. The molecule has 6 heteroatoms. The zero-order valence-corrected chi connectivity index (χ0v) is 12.9. The van der Waals surface area contributed by atoms with Gasteiger partial charge >= 0.3 is 0 Å². The Labute approximate surface area is 134 Å². The van der Waals surface area contributed by atoms with E-state index in [1.165, 1.54) is 4.90 Å². The Bertz CT molecular complexity index is 612. The highest BCUT2D eigenvalue weighted by Gasteiger charge is 2.27. The van der Waals surface area contributed by atoms with Gasteiger partial charge in [-0.1, -0.05) is 0 Å². The van der Waals surface area contributed by atoms with Crippen LogP contribution in [-0.4, -0.2) is 42.8 Å². The van der Waals surface area contributed by atoms with Crippen LogP contribution in [0.4, 0.5) is 0 Å². The SMILES string of the molecule is COc1ccc(C(=O)C2CCN(C(=O)/C=C/C(=O)[O-])CC2)cc1. The Hall–Kier alpha value is -2.63. The molecule has 0 atom stereocenters. The summed E-state index contributed by atoms with van der Waals surface area (Å²) in [6.07, 6.45) is 2.84. The van der Waals surface area contributed by atoms with Crippen LogP contribution in [0.15, 0.2) is 36.4 Å². The lowest BCUT2D eigenvalue weighted by Crippen LogP contribution is -2.39. The van der Waals surface area contributed by atoms with Crippen molar-refractivity contribution >= 4 is 17.7 Å². The fourth-order valence-electron chi connectivity index (χ4n) is 2.60. The smallest absolute Gasteiger partial charge is 0.246 e. The Balaban J connectivity index is 1.91. The van der Waals surface area contributed by atoms with Gasteiger partial charge in [-0.3, -0.25) is 9.59 Å². The molecule has 0 radical (unpaired) electrons. The fraction of sp³-hybridized carbons (Fsp3) is 0.353. The highest BCUT2D eigenvalue weighted by Crippen LogP contribution is 2.23. The fourth-order valence-corrected chi connectivity index (χ4v) is 2.60. The molecule has 1 amide bonds. The Morgan fingerprint density at radius 3 is 2.26 bits per heavy atom. The molecule has 0 bridgehead atoms. The average molecular weight is 316 g/mol. The van der Waals surface area contributed by atoms with Gasteiger partial charge in [-0.2, -0.15) is 0 Å². The van der Waals surface area contributed by atoms with Gasteiger partial charge in [0, 0.05) is 30.6 Å². The summed E-state index contributed by atoms with van der Waals surface area (Å²) >= 11 is 0. The molecule has 1 heterocycles. The molecule has 0 aliphatic carbocycles.